The van der Waals surface area contributed by atoms with Gasteiger partial charge in [-0.15, -0.1) is 0 Å². The third kappa shape index (κ3) is 4.56. The minimum Gasteiger partial charge on any atom is -0.461 e. The quantitative estimate of drug-likeness (QED) is 0.626. The number of amides is 1. The van der Waals surface area contributed by atoms with Gasteiger partial charge in [-0.2, -0.15) is 4.98 Å². The van der Waals surface area contributed by atoms with Crippen molar-refractivity contribution in [2.45, 2.75) is 32.7 Å². The van der Waals surface area contributed by atoms with Crippen LogP contribution in [0.2, 0.25) is 0 Å². The fraction of sp³-hybridized carbons (Fsp3) is 0.316. The third-order valence-corrected chi connectivity index (χ3v) is 3.82. The summed E-state index contributed by atoms with van der Waals surface area (Å²) in [6, 6.07) is 13.5. The summed E-state index contributed by atoms with van der Waals surface area (Å²) in [7, 11) is 0. The van der Waals surface area contributed by atoms with Crippen molar-refractivity contribution < 1.29 is 13.7 Å². The molecule has 2 heterocycles. The molecular weight excluding hydrogens is 318 g/mol. The summed E-state index contributed by atoms with van der Waals surface area (Å²) in [5.74, 6) is 1.49. The molecule has 0 fully saturated rings. The van der Waals surface area contributed by atoms with Crippen molar-refractivity contribution in [2.24, 2.45) is 0 Å². The van der Waals surface area contributed by atoms with Crippen LogP contribution in [0.5, 0.6) is 0 Å². The van der Waals surface area contributed by atoms with Crippen LogP contribution < -0.4 is 0 Å². The number of benzene rings is 1. The van der Waals surface area contributed by atoms with E-state index in [2.05, 4.69) is 17.1 Å². The van der Waals surface area contributed by atoms with Crippen LogP contribution in [-0.2, 0) is 17.8 Å². The Morgan fingerprint density at radius 1 is 1.16 bits per heavy atom. The number of furan rings is 1. The summed E-state index contributed by atoms with van der Waals surface area (Å²) in [5.41, 5.74) is 1.13. The molecule has 3 aromatic rings. The number of carbonyl (C=O) groups excluding carboxylic acids is 1. The van der Waals surface area contributed by atoms with Gasteiger partial charge in [-0.05, 0) is 24.1 Å². The first kappa shape index (κ1) is 17.0. The molecule has 0 N–H and O–H groups in total. The zero-order chi connectivity index (χ0) is 17.5. The highest BCUT2D eigenvalue weighted by Crippen LogP contribution is 2.16. The number of carbonyl (C=O) groups is 1. The first-order valence-corrected chi connectivity index (χ1v) is 8.44. The third-order valence-electron chi connectivity index (χ3n) is 3.82. The first-order valence-electron chi connectivity index (χ1n) is 8.44. The van der Waals surface area contributed by atoms with E-state index in [1.165, 1.54) is 0 Å². The number of rotatable bonds is 8. The predicted molar refractivity (Wildman–Crippen MR) is 92.5 cm³/mol. The van der Waals surface area contributed by atoms with Crippen molar-refractivity contribution in [3.05, 3.63) is 60.2 Å². The molecule has 130 valence electrons. The van der Waals surface area contributed by atoms with Crippen molar-refractivity contribution in [1.82, 2.24) is 15.0 Å². The van der Waals surface area contributed by atoms with Crippen LogP contribution in [0.4, 0.5) is 0 Å². The second-order valence-corrected chi connectivity index (χ2v) is 5.79. The monoisotopic (exact) mass is 339 g/mol. The molecule has 0 aliphatic heterocycles. The maximum atomic E-state index is 12.6. The Labute approximate surface area is 146 Å². The van der Waals surface area contributed by atoms with E-state index in [1.807, 2.05) is 35.2 Å². The molecule has 1 aromatic carbocycles. The topological polar surface area (TPSA) is 72.4 Å². The lowest BCUT2D eigenvalue weighted by atomic mass is 10.2. The second kappa shape index (κ2) is 8.28. The Kier molecular flexibility index (Phi) is 5.61. The molecule has 0 aliphatic carbocycles. The molecule has 0 unspecified atom stereocenters. The number of hydrogen-bond donors (Lipinski definition) is 0. The fourth-order valence-electron chi connectivity index (χ4n) is 2.60. The normalized spacial score (nSPS) is 10.8. The Morgan fingerprint density at radius 2 is 2.00 bits per heavy atom. The molecule has 0 spiro atoms. The van der Waals surface area contributed by atoms with Gasteiger partial charge in [-0.3, -0.25) is 4.79 Å². The highest BCUT2D eigenvalue weighted by molar-refractivity contribution is 5.76. The van der Waals surface area contributed by atoms with E-state index in [0.29, 0.717) is 36.9 Å². The Bertz CT molecular complexity index is 781. The van der Waals surface area contributed by atoms with E-state index < -0.39 is 0 Å². The van der Waals surface area contributed by atoms with Crippen LogP contribution in [0.25, 0.3) is 11.6 Å². The Hall–Kier alpha value is -2.89. The van der Waals surface area contributed by atoms with Gasteiger partial charge in [0, 0.05) is 25.9 Å². The summed E-state index contributed by atoms with van der Waals surface area (Å²) < 4.78 is 10.4. The zero-order valence-corrected chi connectivity index (χ0v) is 14.2. The SMILES string of the molecule is CCCN(Cc1ccccc1)C(=O)CCc1nc(-c2ccco2)no1. The van der Waals surface area contributed by atoms with Gasteiger partial charge in [0.05, 0.1) is 6.26 Å². The summed E-state index contributed by atoms with van der Waals surface area (Å²) >= 11 is 0. The number of aromatic nitrogens is 2. The van der Waals surface area contributed by atoms with Gasteiger partial charge in [-0.1, -0.05) is 42.4 Å². The van der Waals surface area contributed by atoms with Crippen molar-refractivity contribution >= 4 is 5.91 Å². The molecule has 0 saturated heterocycles. The van der Waals surface area contributed by atoms with Crippen LogP contribution >= 0.6 is 0 Å². The van der Waals surface area contributed by atoms with Crippen LogP contribution in [0.3, 0.4) is 0 Å². The summed E-state index contributed by atoms with van der Waals surface area (Å²) in [6.07, 6.45) is 3.23. The molecule has 0 bridgehead atoms. The number of aryl methyl sites for hydroxylation is 1. The zero-order valence-electron chi connectivity index (χ0n) is 14.2. The van der Waals surface area contributed by atoms with Crippen LogP contribution in [0.15, 0.2) is 57.7 Å². The molecule has 6 nitrogen and oxygen atoms in total. The smallest absolute Gasteiger partial charge is 0.238 e. The standard InChI is InChI=1S/C19H21N3O3/c1-2-12-22(14-15-7-4-3-5-8-15)18(23)11-10-17-20-19(21-25-17)16-9-6-13-24-16/h3-9,13H,2,10-12,14H2,1H3. The summed E-state index contributed by atoms with van der Waals surface area (Å²) in [4.78, 5) is 18.7. The van der Waals surface area contributed by atoms with Gasteiger partial charge < -0.3 is 13.8 Å². The molecule has 6 heteroatoms. The maximum Gasteiger partial charge on any atom is 0.238 e. The maximum absolute atomic E-state index is 12.6. The van der Waals surface area contributed by atoms with Crippen LogP contribution in [0, 0.1) is 0 Å². The second-order valence-electron chi connectivity index (χ2n) is 5.79. The minimum absolute atomic E-state index is 0.0865. The molecule has 25 heavy (non-hydrogen) atoms. The fourth-order valence-corrected chi connectivity index (χ4v) is 2.60. The van der Waals surface area contributed by atoms with Gasteiger partial charge >= 0.3 is 0 Å². The van der Waals surface area contributed by atoms with Gasteiger partial charge in [0.15, 0.2) is 5.76 Å². The molecule has 3 rings (SSSR count). The summed E-state index contributed by atoms with van der Waals surface area (Å²) in [6.45, 7) is 3.42. The van der Waals surface area contributed by atoms with E-state index >= 15 is 0 Å². The first-order chi connectivity index (χ1) is 12.3. The number of hydrogen-bond acceptors (Lipinski definition) is 5. The molecule has 2 aromatic heterocycles. The highest BCUT2D eigenvalue weighted by Gasteiger charge is 2.16. The van der Waals surface area contributed by atoms with Gasteiger partial charge in [0.1, 0.15) is 0 Å². The molecule has 0 radical (unpaired) electrons. The van der Waals surface area contributed by atoms with Crippen molar-refractivity contribution in [1.29, 1.82) is 0 Å². The molecule has 0 saturated carbocycles. The number of nitrogens with zero attached hydrogens (tertiary/aromatic N) is 3. The largest absolute Gasteiger partial charge is 0.461 e. The van der Waals surface area contributed by atoms with Gasteiger partial charge in [0.2, 0.25) is 17.6 Å². The van der Waals surface area contributed by atoms with Crippen molar-refractivity contribution in [2.75, 3.05) is 6.54 Å². The average Bonchev–Trinajstić information content (AvgIpc) is 3.31. The van der Waals surface area contributed by atoms with Crippen molar-refractivity contribution in [3.8, 4) is 11.6 Å². The van der Waals surface area contributed by atoms with E-state index in [1.54, 1.807) is 18.4 Å². The lowest BCUT2D eigenvalue weighted by molar-refractivity contribution is -0.131. The molecule has 1 amide bonds. The van der Waals surface area contributed by atoms with E-state index in [4.69, 9.17) is 8.94 Å². The Morgan fingerprint density at radius 3 is 2.72 bits per heavy atom. The van der Waals surface area contributed by atoms with Crippen LogP contribution in [-0.4, -0.2) is 27.5 Å². The van der Waals surface area contributed by atoms with E-state index in [9.17, 15) is 4.79 Å². The van der Waals surface area contributed by atoms with E-state index in [-0.39, 0.29) is 5.91 Å². The lowest BCUT2D eigenvalue weighted by Gasteiger charge is -2.22. The van der Waals surface area contributed by atoms with Gasteiger partial charge in [0.25, 0.3) is 0 Å². The molecule has 0 aliphatic rings. The summed E-state index contributed by atoms with van der Waals surface area (Å²) in [5, 5.41) is 3.88. The van der Waals surface area contributed by atoms with Gasteiger partial charge in [-0.25, -0.2) is 0 Å². The lowest BCUT2D eigenvalue weighted by Crippen LogP contribution is -2.31. The van der Waals surface area contributed by atoms with Crippen LogP contribution in [0.1, 0.15) is 31.2 Å². The molecule has 0 atom stereocenters. The van der Waals surface area contributed by atoms with Crippen molar-refractivity contribution in [3.63, 3.8) is 0 Å². The van der Waals surface area contributed by atoms with E-state index in [0.717, 1.165) is 18.5 Å². The average molecular weight is 339 g/mol. The Balaban J connectivity index is 1.58. The minimum atomic E-state index is 0.0865. The molecular formula is C19H21N3O3. The highest BCUT2D eigenvalue weighted by atomic mass is 16.5. The predicted octanol–water partition coefficient (Wildman–Crippen LogP) is 3.70.